The summed E-state index contributed by atoms with van der Waals surface area (Å²) in [4.78, 5) is 0. The van der Waals surface area contributed by atoms with Crippen molar-refractivity contribution in [1.29, 1.82) is 0 Å². The molecule has 14 N–H and O–H groups in total. The van der Waals surface area contributed by atoms with Crippen LogP contribution in [0.1, 0.15) is 69.9 Å². The van der Waals surface area contributed by atoms with Crippen LogP contribution in [0, 0.1) is 5.92 Å². The topological polar surface area (TPSA) is 357 Å². The highest BCUT2D eigenvalue weighted by atomic mass is 16.8. The van der Waals surface area contributed by atoms with Crippen molar-refractivity contribution in [2.75, 3.05) is 26.4 Å². The molecule has 1 unspecified atom stereocenters. The van der Waals surface area contributed by atoms with E-state index in [0.29, 0.717) is 36.8 Å². The molecule has 0 saturated carbocycles. The van der Waals surface area contributed by atoms with E-state index in [2.05, 4.69) is 6.58 Å². The fourth-order valence-electron chi connectivity index (χ4n) is 9.35. The molecule has 6 rings (SSSR count). The van der Waals surface area contributed by atoms with E-state index in [-0.39, 0.29) is 17.4 Å². The number of aliphatic hydroxyl groups excluding tert-OH is 14. The minimum atomic E-state index is -1.91. The number of unbranched alkanes of at least 4 members (excludes halogenated alkanes) is 2. The van der Waals surface area contributed by atoms with Crippen molar-refractivity contribution in [1.82, 2.24) is 0 Å². The lowest BCUT2D eigenvalue weighted by Crippen LogP contribution is -2.65. The van der Waals surface area contributed by atoms with Crippen LogP contribution in [-0.4, -0.2) is 221 Å². The number of rotatable bonds is 18. The van der Waals surface area contributed by atoms with Crippen LogP contribution in [-0.2, 0) is 34.8 Å². The zero-order valence-electron chi connectivity index (χ0n) is 37.7. The van der Waals surface area contributed by atoms with Crippen LogP contribution >= 0.6 is 0 Å². The summed E-state index contributed by atoms with van der Waals surface area (Å²) in [5, 5.41) is 150. The first kappa shape index (κ1) is 53.8. The van der Waals surface area contributed by atoms with Crippen molar-refractivity contribution in [2.45, 2.75) is 188 Å². The van der Waals surface area contributed by atoms with E-state index >= 15 is 0 Å². The third kappa shape index (κ3) is 11.7. The Bertz CT molecular complexity index is 1690. The van der Waals surface area contributed by atoms with Gasteiger partial charge in [-0.15, -0.1) is 0 Å². The van der Waals surface area contributed by atoms with Crippen LogP contribution < -0.4 is 9.47 Å². The molecule has 0 bridgehead atoms. The van der Waals surface area contributed by atoms with E-state index in [9.17, 15) is 71.5 Å². The van der Waals surface area contributed by atoms with Gasteiger partial charge in [0.1, 0.15) is 109 Å². The quantitative estimate of drug-likeness (QED) is 0.0500. The predicted octanol–water partition coefficient (Wildman–Crippen LogP) is -3.56. The monoisotopic (exact) mass is 962 g/mol. The van der Waals surface area contributed by atoms with Gasteiger partial charge in [0, 0.05) is 11.5 Å². The number of hydrogen-bond donors (Lipinski definition) is 14. The van der Waals surface area contributed by atoms with E-state index in [0.717, 1.165) is 24.0 Å². The van der Waals surface area contributed by atoms with Gasteiger partial charge in [-0.05, 0) is 63.1 Å². The Kier molecular flexibility index (Phi) is 19.0. The highest BCUT2D eigenvalue weighted by Gasteiger charge is 2.54. The molecule has 0 aromatic heterocycles. The van der Waals surface area contributed by atoms with E-state index in [1.807, 2.05) is 26.8 Å². The zero-order valence-corrected chi connectivity index (χ0v) is 37.7. The SMILES string of the molecule is C=C(C)C1CCC(C)=C[C@H]1c1c(O[C@@H]2O[C@H](CO)[C@@H](O)[C@H](O[C@@H]3O[C@H](CO)[C@@H](O)[C@H](O)[C@H]3O)[C@H]2O)cc(CCCCC)cc1O[C@@H]1O[C@H](CO)[C@@H](O)[C@H](O[C@H]2O[C@H](CO)[C@@H](O)[C@H](O)[C@H]2O)[C@H]1O. The van der Waals surface area contributed by atoms with Crippen LogP contribution in [0.25, 0.3) is 0 Å². The van der Waals surface area contributed by atoms with Crippen molar-refractivity contribution in [3.05, 3.63) is 47.1 Å². The first-order chi connectivity index (χ1) is 31.9. The van der Waals surface area contributed by atoms with Gasteiger partial charge in [-0.1, -0.05) is 43.6 Å². The van der Waals surface area contributed by atoms with Gasteiger partial charge in [-0.3, -0.25) is 0 Å². The van der Waals surface area contributed by atoms with Crippen LogP contribution in [0.4, 0.5) is 0 Å². The standard InChI is InChI=1S/C45H70O22/c1-5-6-7-8-20-12-23(60-44-38(58)40(32(52)27(16-48)64-44)66-42-36(56)34(54)30(50)25(14-46)62-42)29(22-11-19(4)9-10-21(22)18(2)3)24(13-20)61-45-39(59)41(33(53)28(17-49)65-45)67-43-37(57)35(55)31(51)26(15-47)63-43/h11-13,21-22,25-28,30-59H,2,5-10,14-17H2,1,3-4H3/t21?,22-,25-,26-,27-,28-,30-,31-,32-,33-,34+,35+,36-,37-,38-,39-,40+,41+,42-,43+,44-,45-/m1/s1. The van der Waals surface area contributed by atoms with E-state index < -0.39 is 155 Å². The van der Waals surface area contributed by atoms with Crippen LogP contribution in [0.2, 0.25) is 0 Å². The van der Waals surface area contributed by atoms with E-state index in [1.165, 1.54) is 0 Å². The van der Waals surface area contributed by atoms with Gasteiger partial charge in [-0.25, -0.2) is 0 Å². The van der Waals surface area contributed by atoms with Crippen molar-refractivity contribution >= 4 is 0 Å². The first-order valence-corrected chi connectivity index (χ1v) is 22.9. The summed E-state index contributed by atoms with van der Waals surface area (Å²) in [7, 11) is 0. The minimum Gasteiger partial charge on any atom is -0.462 e. The molecule has 1 aromatic carbocycles. The number of allylic oxidation sites excluding steroid dienone is 3. The smallest absolute Gasteiger partial charge is 0.229 e. The van der Waals surface area contributed by atoms with Crippen LogP contribution in [0.15, 0.2) is 35.9 Å². The van der Waals surface area contributed by atoms with Gasteiger partial charge >= 0.3 is 0 Å². The third-order valence-corrected chi connectivity index (χ3v) is 13.4. The number of hydrogen-bond acceptors (Lipinski definition) is 22. The normalized spacial score (nSPS) is 42.8. The lowest BCUT2D eigenvalue weighted by molar-refractivity contribution is -0.353. The highest BCUT2D eigenvalue weighted by molar-refractivity contribution is 5.53. The molecule has 0 spiro atoms. The summed E-state index contributed by atoms with van der Waals surface area (Å²) < 4.78 is 47.8. The van der Waals surface area contributed by atoms with E-state index in [1.54, 1.807) is 12.1 Å². The maximum Gasteiger partial charge on any atom is 0.229 e. The first-order valence-electron chi connectivity index (χ1n) is 22.9. The lowest BCUT2D eigenvalue weighted by Gasteiger charge is -2.46. The molecule has 5 aliphatic rings. The fourth-order valence-corrected chi connectivity index (χ4v) is 9.35. The Hall–Kier alpha value is -2.50. The molecule has 0 amide bonds. The summed E-state index contributed by atoms with van der Waals surface area (Å²) in [5.74, 6) is -0.707. The Labute approximate surface area is 387 Å². The van der Waals surface area contributed by atoms with Gasteiger partial charge in [0.2, 0.25) is 12.6 Å². The van der Waals surface area contributed by atoms with E-state index in [4.69, 9.17) is 37.9 Å². The molecule has 4 heterocycles. The number of ether oxygens (including phenoxy) is 8. The average Bonchev–Trinajstić information content (AvgIpc) is 3.30. The predicted molar refractivity (Wildman–Crippen MR) is 228 cm³/mol. The highest BCUT2D eigenvalue weighted by Crippen LogP contribution is 2.49. The van der Waals surface area contributed by atoms with Crippen LogP contribution in [0.5, 0.6) is 11.5 Å². The molecule has 67 heavy (non-hydrogen) atoms. The Morgan fingerprint density at radius 1 is 0.582 bits per heavy atom. The maximum absolute atomic E-state index is 11.9. The molecule has 22 nitrogen and oxygen atoms in total. The zero-order chi connectivity index (χ0) is 49.0. The molecule has 22 atom stereocenters. The molecule has 0 radical (unpaired) electrons. The summed E-state index contributed by atoms with van der Waals surface area (Å²) in [6.07, 6.45) is -28.5. The Morgan fingerprint density at radius 3 is 1.40 bits per heavy atom. The largest absolute Gasteiger partial charge is 0.462 e. The minimum absolute atomic E-state index is 0.0630. The van der Waals surface area contributed by atoms with Crippen molar-refractivity contribution in [3.63, 3.8) is 0 Å². The molecular weight excluding hydrogens is 892 g/mol. The molecule has 4 saturated heterocycles. The van der Waals surface area contributed by atoms with Gasteiger partial charge in [-0.2, -0.15) is 0 Å². The van der Waals surface area contributed by atoms with Gasteiger partial charge < -0.3 is 109 Å². The van der Waals surface area contributed by atoms with Gasteiger partial charge in [0.15, 0.2) is 12.6 Å². The van der Waals surface area contributed by atoms with Crippen molar-refractivity contribution in [2.24, 2.45) is 5.92 Å². The lowest BCUT2D eigenvalue weighted by atomic mass is 9.73. The molecule has 382 valence electrons. The number of benzene rings is 1. The summed E-state index contributed by atoms with van der Waals surface area (Å²) >= 11 is 0. The van der Waals surface area contributed by atoms with Gasteiger partial charge in [0.25, 0.3) is 0 Å². The molecular formula is C45H70O22. The fraction of sp³-hybridized carbons (Fsp3) is 0.778. The molecule has 22 heteroatoms. The van der Waals surface area contributed by atoms with Crippen molar-refractivity contribution < 1.29 is 109 Å². The Morgan fingerprint density at radius 2 is 1.00 bits per heavy atom. The summed E-state index contributed by atoms with van der Waals surface area (Å²) in [6, 6.07) is 3.41. The second kappa shape index (κ2) is 23.6. The second-order valence-electron chi connectivity index (χ2n) is 18.2. The number of aryl methyl sites for hydroxylation is 1. The maximum atomic E-state index is 11.9. The Balaban J connectivity index is 1.42. The molecule has 1 aliphatic carbocycles. The molecule has 4 fully saturated rings. The molecule has 1 aromatic rings. The average molecular weight is 963 g/mol. The third-order valence-electron chi connectivity index (χ3n) is 13.4. The molecule has 4 aliphatic heterocycles. The van der Waals surface area contributed by atoms with Gasteiger partial charge in [0.05, 0.1) is 26.4 Å². The summed E-state index contributed by atoms with van der Waals surface area (Å²) in [6.45, 7) is 6.88. The summed E-state index contributed by atoms with van der Waals surface area (Å²) in [5.41, 5.74) is 2.73. The second-order valence-corrected chi connectivity index (χ2v) is 18.2. The van der Waals surface area contributed by atoms with Crippen LogP contribution in [0.3, 0.4) is 0 Å². The van der Waals surface area contributed by atoms with Crippen molar-refractivity contribution in [3.8, 4) is 11.5 Å². The number of aliphatic hydroxyl groups is 14.